The molecule has 0 radical (unpaired) electrons. The van der Waals surface area contributed by atoms with E-state index in [1.54, 1.807) is 0 Å². The summed E-state index contributed by atoms with van der Waals surface area (Å²) in [5, 5.41) is 11.7. The second kappa shape index (κ2) is 9.11. The van der Waals surface area contributed by atoms with E-state index in [0.717, 1.165) is 6.42 Å². The summed E-state index contributed by atoms with van der Waals surface area (Å²) < 4.78 is 9.65. The predicted molar refractivity (Wildman–Crippen MR) is 84.4 cm³/mol. The van der Waals surface area contributed by atoms with E-state index in [1.807, 2.05) is 13.8 Å². The zero-order valence-electron chi connectivity index (χ0n) is 14.6. The highest BCUT2D eigenvalue weighted by Crippen LogP contribution is 2.20. The SMILES string of the molecule is CCC(C)[C@H](NC(=O)O[C@@H](C)OC(C)=O)C(=O)N1CCC[C@H]1C#N. The van der Waals surface area contributed by atoms with Crippen LogP contribution >= 0.6 is 0 Å². The number of carbonyl (C=O) groups is 3. The summed E-state index contributed by atoms with van der Waals surface area (Å²) in [7, 11) is 0. The van der Waals surface area contributed by atoms with Gasteiger partial charge in [-0.1, -0.05) is 20.3 Å². The number of hydrogen-bond donors (Lipinski definition) is 1. The van der Waals surface area contributed by atoms with Gasteiger partial charge >= 0.3 is 12.1 Å². The van der Waals surface area contributed by atoms with Crippen LogP contribution < -0.4 is 5.32 Å². The van der Waals surface area contributed by atoms with E-state index in [-0.39, 0.29) is 11.8 Å². The van der Waals surface area contributed by atoms with Gasteiger partial charge in [0.15, 0.2) is 0 Å². The molecule has 0 aromatic heterocycles. The topological polar surface area (TPSA) is 109 Å². The molecule has 1 saturated heterocycles. The first-order valence-electron chi connectivity index (χ1n) is 8.14. The molecule has 8 heteroatoms. The molecular formula is C16H25N3O5. The van der Waals surface area contributed by atoms with Crippen LogP contribution in [0.25, 0.3) is 0 Å². The van der Waals surface area contributed by atoms with E-state index in [2.05, 4.69) is 11.4 Å². The minimum Gasteiger partial charge on any atom is -0.426 e. The number of nitrogens with one attached hydrogen (secondary N) is 1. The molecule has 4 atom stereocenters. The highest BCUT2D eigenvalue weighted by atomic mass is 16.7. The van der Waals surface area contributed by atoms with Crippen LogP contribution in [0.3, 0.4) is 0 Å². The maximum absolute atomic E-state index is 12.7. The Morgan fingerprint density at radius 2 is 2.00 bits per heavy atom. The lowest BCUT2D eigenvalue weighted by Gasteiger charge is -2.29. The van der Waals surface area contributed by atoms with Gasteiger partial charge in [0.25, 0.3) is 0 Å². The quantitative estimate of drug-likeness (QED) is 0.581. The summed E-state index contributed by atoms with van der Waals surface area (Å²) in [5.74, 6) is -0.988. The number of nitriles is 1. The monoisotopic (exact) mass is 339 g/mol. The number of amides is 2. The molecule has 1 unspecified atom stereocenters. The lowest BCUT2D eigenvalue weighted by atomic mass is 9.97. The Labute approximate surface area is 142 Å². The molecule has 1 aliphatic heterocycles. The lowest BCUT2D eigenvalue weighted by molar-refractivity contribution is -0.162. The summed E-state index contributed by atoms with van der Waals surface area (Å²) >= 11 is 0. The number of ether oxygens (including phenoxy) is 2. The van der Waals surface area contributed by atoms with Gasteiger partial charge in [-0.05, 0) is 18.8 Å². The fourth-order valence-electron chi connectivity index (χ4n) is 2.60. The number of esters is 1. The van der Waals surface area contributed by atoms with Crippen LogP contribution in [0.5, 0.6) is 0 Å². The molecular weight excluding hydrogens is 314 g/mol. The Bertz CT molecular complexity index is 516. The van der Waals surface area contributed by atoms with Crippen LogP contribution in [0.15, 0.2) is 0 Å². The Morgan fingerprint density at radius 3 is 2.54 bits per heavy atom. The molecule has 1 aliphatic rings. The third-order valence-corrected chi connectivity index (χ3v) is 4.04. The zero-order valence-corrected chi connectivity index (χ0v) is 14.6. The second-order valence-corrected chi connectivity index (χ2v) is 5.91. The minimum atomic E-state index is -1.05. The van der Waals surface area contributed by atoms with Crippen LogP contribution in [0.1, 0.15) is 47.0 Å². The summed E-state index contributed by atoms with van der Waals surface area (Å²) in [5.41, 5.74) is 0. The Kier molecular flexibility index (Phi) is 7.49. The first-order chi connectivity index (χ1) is 11.3. The molecule has 1 N–H and O–H groups in total. The summed E-state index contributed by atoms with van der Waals surface area (Å²) in [6, 6.07) is 0.870. The molecule has 0 saturated carbocycles. The molecule has 0 aliphatic carbocycles. The lowest BCUT2D eigenvalue weighted by Crippen LogP contribution is -2.53. The van der Waals surface area contributed by atoms with Crippen LogP contribution in [0.2, 0.25) is 0 Å². The maximum atomic E-state index is 12.7. The number of likely N-dealkylation sites (tertiary alicyclic amines) is 1. The molecule has 1 heterocycles. The largest absolute Gasteiger partial charge is 0.426 e. The van der Waals surface area contributed by atoms with E-state index in [4.69, 9.17) is 14.7 Å². The molecule has 1 rings (SSSR count). The summed E-state index contributed by atoms with van der Waals surface area (Å²) in [4.78, 5) is 37.1. The molecule has 134 valence electrons. The molecule has 0 aromatic carbocycles. The van der Waals surface area contributed by atoms with Crippen molar-refractivity contribution < 1.29 is 23.9 Å². The van der Waals surface area contributed by atoms with Crippen LogP contribution in [-0.2, 0) is 19.1 Å². The first-order valence-corrected chi connectivity index (χ1v) is 8.14. The number of alkyl carbamates (subject to hydrolysis) is 1. The minimum absolute atomic E-state index is 0.131. The average molecular weight is 339 g/mol. The molecule has 2 amide bonds. The summed E-state index contributed by atoms with van der Waals surface area (Å²) in [6.07, 6.45) is 0.194. The van der Waals surface area contributed by atoms with Gasteiger partial charge in [-0.3, -0.25) is 9.59 Å². The Hall–Kier alpha value is -2.30. The Balaban J connectivity index is 2.75. The zero-order chi connectivity index (χ0) is 18.3. The van der Waals surface area contributed by atoms with Gasteiger partial charge in [0.2, 0.25) is 12.2 Å². The van der Waals surface area contributed by atoms with Crippen molar-refractivity contribution in [2.45, 2.75) is 65.3 Å². The highest BCUT2D eigenvalue weighted by molar-refractivity contribution is 5.86. The van der Waals surface area contributed by atoms with Gasteiger partial charge in [0.1, 0.15) is 12.1 Å². The molecule has 24 heavy (non-hydrogen) atoms. The van der Waals surface area contributed by atoms with E-state index in [1.165, 1.54) is 18.7 Å². The van der Waals surface area contributed by atoms with Crippen LogP contribution in [0.4, 0.5) is 4.79 Å². The van der Waals surface area contributed by atoms with E-state index >= 15 is 0 Å². The molecule has 0 bridgehead atoms. The van der Waals surface area contributed by atoms with Crippen molar-refractivity contribution in [2.75, 3.05) is 6.54 Å². The van der Waals surface area contributed by atoms with Gasteiger partial charge in [0, 0.05) is 20.4 Å². The Morgan fingerprint density at radius 1 is 1.33 bits per heavy atom. The van der Waals surface area contributed by atoms with Gasteiger partial charge in [-0.25, -0.2) is 4.79 Å². The number of carbonyl (C=O) groups excluding carboxylic acids is 3. The summed E-state index contributed by atoms with van der Waals surface area (Å²) in [6.45, 7) is 6.87. The number of hydrogen-bond acceptors (Lipinski definition) is 6. The van der Waals surface area contributed by atoms with Crippen molar-refractivity contribution in [3.8, 4) is 6.07 Å². The van der Waals surface area contributed by atoms with Crippen molar-refractivity contribution in [1.29, 1.82) is 5.26 Å². The predicted octanol–water partition coefficient (Wildman–Crippen LogP) is 1.55. The van der Waals surface area contributed by atoms with Crippen molar-refractivity contribution in [1.82, 2.24) is 10.2 Å². The fraction of sp³-hybridized carbons (Fsp3) is 0.750. The van der Waals surface area contributed by atoms with Gasteiger partial charge < -0.3 is 19.7 Å². The fourth-order valence-corrected chi connectivity index (χ4v) is 2.60. The van der Waals surface area contributed by atoms with E-state index < -0.39 is 30.4 Å². The second-order valence-electron chi connectivity index (χ2n) is 5.91. The molecule has 1 fully saturated rings. The van der Waals surface area contributed by atoms with Gasteiger partial charge in [-0.2, -0.15) is 5.26 Å². The van der Waals surface area contributed by atoms with Crippen molar-refractivity contribution in [2.24, 2.45) is 5.92 Å². The van der Waals surface area contributed by atoms with Crippen LogP contribution in [0, 0.1) is 17.2 Å². The van der Waals surface area contributed by atoms with Gasteiger partial charge in [0.05, 0.1) is 6.07 Å². The molecule has 8 nitrogen and oxygen atoms in total. The molecule has 0 aromatic rings. The van der Waals surface area contributed by atoms with Crippen molar-refractivity contribution in [3.63, 3.8) is 0 Å². The third-order valence-electron chi connectivity index (χ3n) is 4.04. The van der Waals surface area contributed by atoms with Gasteiger partial charge in [-0.15, -0.1) is 0 Å². The smallest absolute Gasteiger partial charge is 0.410 e. The normalized spacial score (nSPS) is 20.5. The van der Waals surface area contributed by atoms with E-state index in [9.17, 15) is 14.4 Å². The average Bonchev–Trinajstić information content (AvgIpc) is 2.98. The first kappa shape index (κ1) is 19.7. The standard InChI is InChI=1S/C16H25N3O5/c1-5-10(2)14(15(21)19-8-6-7-13(19)9-17)18-16(22)24-12(4)23-11(3)20/h10,12-14H,5-8H2,1-4H3,(H,18,22)/t10?,12-,13-,14-/m0/s1. The van der Waals surface area contributed by atoms with Crippen molar-refractivity contribution in [3.05, 3.63) is 0 Å². The van der Waals surface area contributed by atoms with E-state index in [0.29, 0.717) is 19.4 Å². The van der Waals surface area contributed by atoms with Crippen LogP contribution in [-0.4, -0.2) is 47.8 Å². The highest BCUT2D eigenvalue weighted by Gasteiger charge is 2.36. The maximum Gasteiger partial charge on any atom is 0.410 e. The third kappa shape index (κ3) is 5.41. The number of nitrogens with zero attached hydrogens (tertiary/aromatic N) is 2. The van der Waals surface area contributed by atoms with Crippen molar-refractivity contribution >= 4 is 18.0 Å². The number of rotatable bonds is 6. The molecule has 0 spiro atoms.